The number of aliphatic carboxylic acids is 5. The van der Waals surface area contributed by atoms with Crippen LogP contribution in [0.2, 0.25) is 0 Å². The number of nitrogens with one attached hydrogen (secondary N) is 2. The number of carboxylic acids is 5. The third-order valence-electron chi connectivity index (χ3n) is 10.5. The Balaban J connectivity index is 0.0000145. The largest absolute Gasteiger partial charge is 3.00 e. The van der Waals surface area contributed by atoms with Gasteiger partial charge in [-0.15, -0.1) is 0 Å². The summed E-state index contributed by atoms with van der Waals surface area (Å²) in [6, 6.07) is 4.38. The summed E-state index contributed by atoms with van der Waals surface area (Å²) in [5.74, 6) is -8.58. The van der Waals surface area contributed by atoms with E-state index >= 15 is 0 Å². The van der Waals surface area contributed by atoms with E-state index in [4.69, 9.17) is 19.3 Å². The number of amides is 2. The Morgan fingerprint density at radius 2 is 1.11 bits per heavy atom. The molecular weight excluding hydrogens is 1020 g/mol. The molecule has 2 amide bonds. The van der Waals surface area contributed by atoms with Crippen LogP contribution >= 0.6 is 7.82 Å². The number of carbonyl (C=O) groups excluding carboxylic acids is 2. The van der Waals surface area contributed by atoms with E-state index in [9.17, 15) is 58.3 Å². The molecule has 0 bridgehead atoms. The predicted octanol–water partition coefficient (Wildman–Crippen LogP) is 0.786. The van der Waals surface area contributed by atoms with E-state index in [0.717, 1.165) is 38.3 Å². The van der Waals surface area contributed by atoms with E-state index < -0.39 is 87.7 Å². The Labute approximate surface area is 408 Å². The summed E-state index contributed by atoms with van der Waals surface area (Å²) in [6.45, 7) is 6.02. The Hall–Kier alpha value is -4.16. The van der Waals surface area contributed by atoms with Crippen LogP contribution in [-0.2, 0) is 42.7 Å². The Morgan fingerprint density at radius 3 is 1.54 bits per heavy atom. The summed E-state index contributed by atoms with van der Waals surface area (Å²) < 4.78 is 23.9. The Kier molecular flexibility index (Phi) is 23.5. The molecule has 1 unspecified atom stereocenters. The minimum Gasteiger partial charge on any atom is -0.480 e. The number of hydrogen-bond donors (Lipinski definition) is 8. The minimum absolute atomic E-state index is 0. The fourth-order valence-corrected chi connectivity index (χ4v) is 8.39. The van der Waals surface area contributed by atoms with Gasteiger partial charge in [0, 0.05) is 52.4 Å². The Bertz CT molecular complexity index is 2010. The number of benzene rings is 2. The zero-order chi connectivity index (χ0) is 47.9. The van der Waals surface area contributed by atoms with Gasteiger partial charge in [-0.2, -0.15) is 0 Å². The first-order chi connectivity index (χ1) is 30.0. The first kappa shape index (κ1) is 57.0. The van der Waals surface area contributed by atoms with Crippen molar-refractivity contribution in [2.75, 3.05) is 85.1 Å². The van der Waals surface area contributed by atoms with Gasteiger partial charge >= 0.3 is 77.6 Å². The number of phosphoric acid groups is 1. The summed E-state index contributed by atoms with van der Waals surface area (Å²) in [7, 11) is -4.72. The molecule has 1 saturated heterocycles. The van der Waals surface area contributed by atoms with E-state index in [0.29, 0.717) is 5.56 Å². The second kappa shape index (κ2) is 26.9. The van der Waals surface area contributed by atoms with E-state index in [-0.39, 0.29) is 117 Å². The summed E-state index contributed by atoms with van der Waals surface area (Å²) in [6.07, 6.45) is -0.171. The molecule has 2 atom stereocenters. The van der Waals surface area contributed by atoms with Crippen molar-refractivity contribution in [2.24, 2.45) is 0 Å². The molecule has 1 radical (unpaired) electrons. The van der Waals surface area contributed by atoms with Crippen LogP contribution < -0.4 is 15.2 Å². The van der Waals surface area contributed by atoms with Crippen LogP contribution in [0.5, 0.6) is 5.75 Å². The number of phosphoric ester groups is 1. The molecular formula is C41H59GdN6O16P+3. The number of aryl methyl sites for hydroxylation is 5. The van der Waals surface area contributed by atoms with Crippen LogP contribution in [0.25, 0.3) is 11.1 Å². The SMILES string of the molecule is Cc1cc(C)c(-c2cc(C)c(OP(=O)(O)OCCC[C@H](C(=O)O)N3CCN(CC(=O)NCC(=O)O)CCN(C(C(=O)O)C(=O)O)CCN(CC(=O)NCC(=O)O)CC3)cc2C)c(C)c1.[Gd+3]. The van der Waals surface area contributed by atoms with Gasteiger partial charge in [0.25, 0.3) is 0 Å². The second-order valence-electron chi connectivity index (χ2n) is 15.6. The van der Waals surface area contributed by atoms with Crippen LogP contribution in [0.15, 0.2) is 24.3 Å². The van der Waals surface area contributed by atoms with Crippen LogP contribution in [0.1, 0.15) is 40.7 Å². The number of carbonyl (C=O) groups is 7. The predicted molar refractivity (Wildman–Crippen MR) is 229 cm³/mol. The van der Waals surface area contributed by atoms with Gasteiger partial charge in [-0.05, 0) is 93.0 Å². The van der Waals surface area contributed by atoms with Gasteiger partial charge in [0.1, 0.15) is 24.9 Å². The van der Waals surface area contributed by atoms with Crippen molar-refractivity contribution in [1.82, 2.24) is 30.2 Å². The molecule has 0 spiro atoms. The maximum absolute atomic E-state index is 13.2. The average Bonchev–Trinajstić information content (AvgIpc) is 3.17. The molecule has 0 saturated carbocycles. The smallest absolute Gasteiger partial charge is 0.480 e. The van der Waals surface area contributed by atoms with Crippen molar-refractivity contribution >= 4 is 49.5 Å². The third-order valence-corrected chi connectivity index (χ3v) is 11.5. The molecule has 1 aliphatic rings. The summed E-state index contributed by atoms with van der Waals surface area (Å²) in [5, 5.41) is 52.5. The molecule has 359 valence electrons. The summed E-state index contributed by atoms with van der Waals surface area (Å²) in [4.78, 5) is 101. The second-order valence-corrected chi connectivity index (χ2v) is 17.0. The molecule has 0 aliphatic carbocycles. The van der Waals surface area contributed by atoms with Gasteiger partial charge in [0.15, 0.2) is 0 Å². The molecule has 2 aromatic rings. The number of nitrogens with zero attached hydrogens (tertiary/aromatic N) is 4. The monoisotopic (exact) mass is 1080 g/mol. The topological polar surface area (TPSA) is 313 Å². The molecule has 24 heteroatoms. The minimum atomic E-state index is -4.72. The van der Waals surface area contributed by atoms with Crippen LogP contribution in [0, 0.1) is 74.6 Å². The maximum atomic E-state index is 13.2. The molecule has 1 heterocycles. The van der Waals surface area contributed by atoms with Crippen molar-refractivity contribution in [1.29, 1.82) is 0 Å². The number of hydrogen-bond acceptors (Lipinski definition) is 14. The fraction of sp³-hybridized carbons (Fsp3) is 0.537. The van der Waals surface area contributed by atoms with E-state index in [1.807, 2.05) is 33.8 Å². The van der Waals surface area contributed by atoms with E-state index in [1.165, 1.54) is 14.7 Å². The number of carboxylic acid groups (broad SMARTS) is 5. The standard InChI is InChI=1S/C41H59N6O16P.Gd/c1-25-17-28(4)37(29(5)18-25)30-19-27(3)32(20-26(30)2)63-64(60,61)62-16-6-7-31(39(54)55)46-12-8-44(23-33(48)42-21-35(50)51)10-14-47(38(40(56)57)41(58)59)15-11-45(9-13-46)24-34(49)43-22-36(52)53;/h17-20,31,38H,6-16,21-24H2,1-5H3,(H,42,48)(H,43,49)(H,50,51)(H,52,53)(H,54,55)(H,56,57)(H,58,59)(H,60,61);/q;+3/t31-;/m1./s1. The van der Waals surface area contributed by atoms with Gasteiger partial charge in [0.2, 0.25) is 17.9 Å². The van der Waals surface area contributed by atoms with Gasteiger partial charge < -0.3 is 40.7 Å². The molecule has 3 rings (SSSR count). The zero-order valence-corrected chi connectivity index (χ0v) is 40.1. The molecule has 0 aromatic heterocycles. The summed E-state index contributed by atoms with van der Waals surface area (Å²) in [5.41, 5.74) is 6.64. The normalized spacial score (nSPS) is 16.2. The first-order valence-corrected chi connectivity index (χ1v) is 21.9. The van der Waals surface area contributed by atoms with Crippen LogP contribution in [0.3, 0.4) is 0 Å². The molecule has 2 aromatic carbocycles. The number of rotatable bonds is 21. The molecule has 22 nitrogen and oxygen atoms in total. The van der Waals surface area contributed by atoms with Gasteiger partial charge in [-0.25, -0.2) is 14.2 Å². The van der Waals surface area contributed by atoms with Crippen molar-refractivity contribution in [3.8, 4) is 16.9 Å². The molecule has 65 heavy (non-hydrogen) atoms. The van der Waals surface area contributed by atoms with Gasteiger partial charge in [-0.1, -0.05) is 17.7 Å². The van der Waals surface area contributed by atoms with Crippen molar-refractivity contribution < 1.29 is 118 Å². The zero-order valence-electron chi connectivity index (χ0n) is 36.9. The molecule has 1 aliphatic heterocycles. The third kappa shape index (κ3) is 18.9. The average molecular weight is 1080 g/mol. The summed E-state index contributed by atoms with van der Waals surface area (Å²) >= 11 is 0. The molecule has 1 fully saturated rings. The van der Waals surface area contributed by atoms with Crippen molar-refractivity contribution in [3.63, 3.8) is 0 Å². The Morgan fingerprint density at radius 1 is 0.646 bits per heavy atom. The van der Waals surface area contributed by atoms with E-state index in [1.54, 1.807) is 13.0 Å². The van der Waals surface area contributed by atoms with Crippen molar-refractivity contribution in [2.45, 2.75) is 59.5 Å². The molecule has 8 N–H and O–H groups in total. The van der Waals surface area contributed by atoms with Crippen LogP contribution in [0.4, 0.5) is 0 Å². The van der Waals surface area contributed by atoms with Gasteiger partial charge in [0.05, 0.1) is 19.7 Å². The quantitative estimate of drug-likeness (QED) is 0.0487. The fourth-order valence-electron chi connectivity index (χ4n) is 7.53. The van der Waals surface area contributed by atoms with Gasteiger partial charge in [-0.3, -0.25) is 53.0 Å². The van der Waals surface area contributed by atoms with Crippen molar-refractivity contribution in [3.05, 3.63) is 52.1 Å². The first-order valence-electron chi connectivity index (χ1n) is 20.4. The van der Waals surface area contributed by atoms with E-state index in [2.05, 4.69) is 22.8 Å². The van der Waals surface area contributed by atoms with Crippen LogP contribution in [-0.4, -0.2) is 189 Å². The maximum Gasteiger partial charge on any atom is 3.00 e.